The van der Waals surface area contributed by atoms with Gasteiger partial charge in [0.25, 0.3) is 0 Å². The summed E-state index contributed by atoms with van der Waals surface area (Å²) in [4.78, 5) is 0.344. The lowest BCUT2D eigenvalue weighted by Gasteiger charge is -2.15. The molecule has 0 heterocycles. The van der Waals surface area contributed by atoms with Crippen LogP contribution in [0.4, 0.5) is 0 Å². The fourth-order valence-electron chi connectivity index (χ4n) is 2.18. The highest BCUT2D eigenvalue weighted by molar-refractivity contribution is 9.09. The average molecular weight is 308 g/mol. The molecule has 0 amide bonds. The van der Waals surface area contributed by atoms with E-state index in [0.29, 0.717) is 10.7 Å². The van der Waals surface area contributed by atoms with Crippen molar-refractivity contribution in [2.75, 3.05) is 0 Å². The summed E-state index contributed by atoms with van der Waals surface area (Å²) in [7, 11) is 0. The maximum atomic E-state index is 6.24. The molecule has 82 valence electrons. The van der Waals surface area contributed by atoms with E-state index in [4.69, 9.17) is 23.2 Å². The number of rotatable bonds is 0. The van der Waals surface area contributed by atoms with E-state index < -0.39 is 0 Å². The third-order valence-corrected chi connectivity index (χ3v) is 4.57. The molecule has 0 radical (unpaired) electrons. The third kappa shape index (κ3) is 2.35. The molecule has 0 spiro atoms. The smallest absolute Gasteiger partial charge is 0.0453 e. The van der Waals surface area contributed by atoms with Gasteiger partial charge in [-0.05, 0) is 48.4 Å². The van der Waals surface area contributed by atoms with E-state index in [0.717, 1.165) is 22.9 Å². The summed E-state index contributed by atoms with van der Waals surface area (Å²) in [6.07, 6.45) is 3.36. The average Bonchev–Trinajstić information content (AvgIpc) is 2.32. The minimum atomic E-state index is 0.344. The normalized spacial score (nSPS) is 25.9. The van der Waals surface area contributed by atoms with Crippen LogP contribution in [0.1, 0.15) is 35.7 Å². The largest absolute Gasteiger partial charge is 0.0840 e. The second-order valence-corrected chi connectivity index (χ2v) is 6.19. The Morgan fingerprint density at radius 2 is 1.93 bits per heavy atom. The van der Waals surface area contributed by atoms with Gasteiger partial charge >= 0.3 is 0 Å². The lowest BCUT2D eigenvalue weighted by molar-refractivity contribution is 0.508. The van der Waals surface area contributed by atoms with E-state index in [9.17, 15) is 0 Å². The van der Waals surface area contributed by atoms with Crippen molar-refractivity contribution in [1.29, 1.82) is 0 Å². The molecule has 2 rings (SSSR count). The quantitative estimate of drug-likeness (QED) is 0.444. The maximum absolute atomic E-state index is 6.24. The molecular formula is C12H13BrCl2. The first-order valence-electron chi connectivity index (χ1n) is 5.20. The minimum absolute atomic E-state index is 0.344. The molecule has 2 unspecified atom stereocenters. The van der Waals surface area contributed by atoms with Crippen molar-refractivity contribution in [3.05, 3.63) is 33.3 Å². The van der Waals surface area contributed by atoms with E-state index in [1.165, 1.54) is 17.5 Å². The van der Waals surface area contributed by atoms with Crippen LogP contribution in [0.3, 0.4) is 0 Å². The minimum Gasteiger partial charge on any atom is -0.0840 e. The van der Waals surface area contributed by atoms with Crippen LogP contribution in [-0.4, -0.2) is 0 Å². The Balaban J connectivity index is 2.52. The van der Waals surface area contributed by atoms with E-state index >= 15 is 0 Å². The monoisotopic (exact) mass is 306 g/mol. The molecule has 0 aliphatic heterocycles. The van der Waals surface area contributed by atoms with Gasteiger partial charge in [0.15, 0.2) is 0 Å². The second kappa shape index (κ2) is 4.65. The first-order valence-corrected chi connectivity index (χ1v) is 6.87. The zero-order valence-corrected chi connectivity index (χ0v) is 11.7. The van der Waals surface area contributed by atoms with Crippen LogP contribution >= 0.6 is 39.1 Å². The van der Waals surface area contributed by atoms with Crippen LogP contribution in [0.25, 0.3) is 0 Å². The molecule has 2 atom stereocenters. The van der Waals surface area contributed by atoms with Crippen LogP contribution < -0.4 is 0 Å². The summed E-state index contributed by atoms with van der Waals surface area (Å²) in [6, 6.07) is 3.80. The molecule has 0 N–H and O–H groups in total. The SMILES string of the molecule is CC1CCc2c(Cl)ccc(Cl)c2C(Br)C1. The predicted octanol–water partition coefficient (Wildman–Crippen LogP) is 5.40. The molecule has 0 fully saturated rings. The topological polar surface area (TPSA) is 0 Å². The van der Waals surface area contributed by atoms with E-state index in [-0.39, 0.29) is 0 Å². The first kappa shape index (κ1) is 11.8. The molecular weight excluding hydrogens is 295 g/mol. The van der Waals surface area contributed by atoms with Crippen LogP contribution in [0.5, 0.6) is 0 Å². The fraction of sp³-hybridized carbons (Fsp3) is 0.500. The Morgan fingerprint density at radius 1 is 1.27 bits per heavy atom. The summed E-state index contributed by atoms with van der Waals surface area (Å²) in [5.74, 6) is 0.717. The molecule has 0 nitrogen and oxygen atoms in total. The van der Waals surface area contributed by atoms with Gasteiger partial charge in [-0.25, -0.2) is 0 Å². The molecule has 0 aromatic heterocycles. The number of hydrogen-bond acceptors (Lipinski definition) is 0. The van der Waals surface area contributed by atoms with Crippen LogP contribution in [-0.2, 0) is 6.42 Å². The van der Waals surface area contributed by atoms with Gasteiger partial charge in [-0.15, -0.1) is 0 Å². The van der Waals surface area contributed by atoms with Crippen molar-refractivity contribution >= 4 is 39.1 Å². The first-order chi connectivity index (χ1) is 7.09. The van der Waals surface area contributed by atoms with E-state index in [1.54, 1.807) is 0 Å². The van der Waals surface area contributed by atoms with Crippen LogP contribution in [0.2, 0.25) is 10.0 Å². The summed E-state index contributed by atoms with van der Waals surface area (Å²) >= 11 is 16.2. The zero-order chi connectivity index (χ0) is 11.0. The molecule has 0 bridgehead atoms. The number of halogens is 3. The summed E-state index contributed by atoms with van der Waals surface area (Å²) in [5, 5.41) is 1.69. The van der Waals surface area contributed by atoms with Gasteiger partial charge in [0.1, 0.15) is 0 Å². The molecule has 1 aliphatic carbocycles. The molecule has 15 heavy (non-hydrogen) atoms. The highest BCUT2D eigenvalue weighted by Gasteiger charge is 2.24. The third-order valence-electron chi connectivity index (χ3n) is 3.06. The molecule has 3 heteroatoms. The molecule has 0 saturated carbocycles. The number of alkyl halides is 1. The van der Waals surface area contributed by atoms with E-state index in [2.05, 4.69) is 22.9 Å². The molecule has 1 aliphatic rings. The van der Waals surface area contributed by atoms with Crippen LogP contribution in [0.15, 0.2) is 12.1 Å². The molecule has 1 aromatic carbocycles. The van der Waals surface area contributed by atoms with Crippen molar-refractivity contribution in [3.8, 4) is 0 Å². The highest BCUT2D eigenvalue weighted by Crippen LogP contribution is 2.43. The molecule has 1 aromatic rings. The van der Waals surface area contributed by atoms with Gasteiger partial charge in [0.2, 0.25) is 0 Å². The van der Waals surface area contributed by atoms with Gasteiger partial charge in [0.05, 0.1) is 0 Å². The van der Waals surface area contributed by atoms with Crippen molar-refractivity contribution in [1.82, 2.24) is 0 Å². The van der Waals surface area contributed by atoms with Gasteiger partial charge in [-0.1, -0.05) is 46.1 Å². The van der Waals surface area contributed by atoms with Crippen molar-refractivity contribution < 1.29 is 0 Å². The van der Waals surface area contributed by atoms with Crippen molar-refractivity contribution in [2.45, 2.75) is 31.0 Å². The Kier molecular flexibility index (Phi) is 3.64. The molecule has 0 saturated heterocycles. The standard InChI is InChI=1S/C12H13BrCl2/c1-7-2-3-8-10(14)4-5-11(15)12(8)9(13)6-7/h4-5,7,9H,2-3,6H2,1H3. The van der Waals surface area contributed by atoms with Gasteiger partial charge in [-0.3, -0.25) is 0 Å². The summed E-state index contributed by atoms with van der Waals surface area (Å²) < 4.78 is 0. The number of fused-ring (bicyclic) bond motifs is 1. The second-order valence-electron chi connectivity index (χ2n) is 4.27. The summed E-state index contributed by atoms with van der Waals surface area (Å²) in [5.41, 5.74) is 2.43. The maximum Gasteiger partial charge on any atom is 0.0453 e. The van der Waals surface area contributed by atoms with Crippen molar-refractivity contribution in [3.63, 3.8) is 0 Å². The van der Waals surface area contributed by atoms with Gasteiger partial charge in [0, 0.05) is 14.9 Å². The lowest BCUT2D eigenvalue weighted by atomic mass is 10.0. The van der Waals surface area contributed by atoms with Gasteiger partial charge < -0.3 is 0 Å². The predicted molar refractivity (Wildman–Crippen MR) is 70.2 cm³/mol. The Hall–Kier alpha value is 0.280. The highest BCUT2D eigenvalue weighted by atomic mass is 79.9. The van der Waals surface area contributed by atoms with Gasteiger partial charge in [-0.2, -0.15) is 0 Å². The zero-order valence-electron chi connectivity index (χ0n) is 8.56. The lowest BCUT2D eigenvalue weighted by Crippen LogP contribution is -1.96. The van der Waals surface area contributed by atoms with E-state index in [1.807, 2.05) is 12.1 Å². The van der Waals surface area contributed by atoms with Crippen LogP contribution in [0, 0.1) is 5.92 Å². The Bertz CT molecular complexity index is 376. The Morgan fingerprint density at radius 3 is 2.67 bits per heavy atom. The summed E-state index contributed by atoms with van der Waals surface area (Å²) in [6.45, 7) is 2.28. The fourth-order valence-corrected chi connectivity index (χ4v) is 4.04. The van der Waals surface area contributed by atoms with Crippen molar-refractivity contribution in [2.24, 2.45) is 5.92 Å². The Labute approximate surface area is 109 Å². The number of benzene rings is 1. The number of hydrogen-bond donors (Lipinski definition) is 0.